The Morgan fingerprint density at radius 2 is 1.43 bits per heavy atom. The molecule has 5 fully saturated rings. The third kappa shape index (κ3) is 13.0. The zero-order valence-electron chi connectivity index (χ0n) is 43.5. The van der Waals surface area contributed by atoms with Gasteiger partial charge in [0.05, 0.1) is 23.2 Å². The first-order chi connectivity index (χ1) is 35.7. The molecule has 2 N–H and O–H groups in total. The Balaban J connectivity index is 0.707. The van der Waals surface area contributed by atoms with Crippen molar-refractivity contribution in [2.45, 2.75) is 103 Å². The average Bonchev–Trinajstić information content (AvgIpc) is 3.41. The van der Waals surface area contributed by atoms with Crippen LogP contribution in [0.15, 0.2) is 71.5 Å². The Morgan fingerprint density at radius 3 is 2.16 bits per heavy atom. The Bertz CT molecular complexity index is 2710. The van der Waals surface area contributed by atoms with Gasteiger partial charge in [0.1, 0.15) is 17.5 Å². The number of halogens is 1. The van der Waals surface area contributed by atoms with E-state index >= 15 is 4.39 Å². The lowest BCUT2D eigenvalue weighted by molar-refractivity contribution is -0.137. The fraction of sp³-hybridized carbons (Fsp3) is 0.561. The van der Waals surface area contributed by atoms with Crippen LogP contribution in [0.5, 0.6) is 0 Å². The first kappa shape index (κ1) is 52.7. The molecule has 5 amide bonds. The number of rotatable bonds is 12. The van der Waals surface area contributed by atoms with Crippen molar-refractivity contribution in [1.82, 2.24) is 44.9 Å². The van der Waals surface area contributed by atoms with Gasteiger partial charge in [-0.3, -0.25) is 33.8 Å². The molecule has 2 unspecified atom stereocenters. The molecule has 2 atom stereocenters. The second-order valence-electron chi connectivity index (χ2n) is 22.3. The number of likely N-dealkylation sites (tertiary alicyclic amines) is 2. The van der Waals surface area contributed by atoms with E-state index in [0.29, 0.717) is 98.8 Å². The summed E-state index contributed by atoms with van der Waals surface area (Å²) in [4.78, 5) is 92.5. The van der Waals surface area contributed by atoms with E-state index in [1.165, 1.54) is 6.07 Å². The van der Waals surface area contributed by atoms with Gasteiger partial charge in [-0.25, -0.2) is 14.3 Å². The Morgan fingerprint density at radius 1 is 0.730 bits per heavy atom. The number of hydrogen-bond donors (Lipinski definition) is 2. The highest BCUT2D eigenvalue weighted by atomic mass is 19.1. The summed E-state index contributed by atoms with van der Waals surface area (Å²) in [5.41, 5.74) is 1.98. The van der Waals surface area contributed by atoms with Crippen LogP contribution in [0.3, 0.4) is 0 Å². The first-order valence-corrected chi connectivity index (χ1v) is 27.1. The summed E-state index contributed by atoms with van der Waals surface area (Å²) in [6, 6.07) is 18.7. The number of aromatic amines is 1. The molecule has 0 spiro atoms. The van der Waals surface area contributed by atoms with Crippen molar-refractivity contribution in [3.8, 4) is 0 Å². The molecule has 4 saturated heterocycles. The average molecular weight is 1020 g/mol. The Hall–Kier alpha value is -6.20. The highest BCUT2D eigenvalue weighted by Crippen LogP contribution is 2.31. The molecule has 17 heteroatoms. The van der Waals surface area contributed by atoms with Crippen molar-refractivity contribution >= 4 is 40.5 Å². The quantitative estimate of drug-likeness (QED) is 0.165. The van der Waals surface area contributed by atoms with Crippen LogP contribution >= 0.6 is 0 Å². The second kappa shape index (κ2) is 23.6. The molecular weight excluding hydrogens is 942 g/mol. The SMILES string of the molecule is CC(C)(C)OC(=O)N1CCCC(c2cccc(C(=O)NC(C(=O)N3CCN(CC4CCN(CC(=O)N5CCN(C(=O)c6cc(Cc7n[nH]c(=O)c8ccccc78)ccc6F)CC5)CC4)CC3)C3CCCCC3)c2)C1. The summed E-state index contributed by atoms with van der Waals surface area (Å²) in [7, 11) is 0. The zero-order chi connectivity index (χ0) is 51.9. The minimum Gasteiger partial charge on any atom is -0.444 e. The fourth-order valence-corrected chi connectivity index (χ4v) is 11.8. The largest absolute Gasteiger partial charge is 0.444 e. The third-order valence-electron chi connectivity index (χ3n) is 16.0. The molecular formula is C57H74FN9O7. The molecule has 16 nitrogen and oxygen atoms in total. The monoisotopic (exact) mass is 1020 g/mol. The van der Waals surface area contributed by atoms with Gasteiger partial charge >= 0.3 is 6.09 Å². The molecule has 3 aromatic carbocycles. The first-order valence-electron chi connectivity index (χ1n) is 27.1. The number of nitrogens with one attached hydrogen (secondary N) is 2. The van der Waals surface area contributed by atoms with E-state index in [2.05, 4.69) is 25.3 Å². The van der Waals surface area contributed by atoms with Crippen molar-refractivity contribution < 1.29 is 33.1 Å². The van der Waals surface area contributed by atoms with Crippen molar-refractivity contribution in [3.05, 3.63) is 111 Å². The van der Waals surface area contributed by atoms with Gasteiger partial charge in [0.2, 0.25) is 11.8 Å². The topological polar surface area (TPSA) is 172 Å². The molecule has 1 saturated carbocycles. The number of piperidine rings is 2. The Labute approximate surface area is 433 Å². The summed E-state index contributed by atoms with van der Waals surface area (Å²) in [6.07, 6.45) is 8.80. The zero-order valence-corrected chi connectivity index (χ0v) is 43.5. The van der Waals surface area contributed by atoms with Gasteiger partial charge in [-0.05, 0) is 126 Å². The number of fused-ring (bicyclic) bond motifs is 1. The van der Waals surface area contributed by atoms with E-state index in [1.54, 1.807) is 39.0 Å². The molecule has 1 aliphatic carbocycles. The number of benzene rings is 3. The van der Waals surface area contributed by atoms with Crippen LogP contribution in [0.2, 0.25) is 0 Å². The third-order valence-corrected chi connectivity index (χ3v) is 16.0. The maximum Gasteiger partial charge on any atom is 0.410 e. The maximum absolute atomic E-state index is 15.1. The minimum absolute atomic E-state index is 0.0126. The number of carbonyl (C=O) groups excluding carboxylic acids is 5. The van der Waals surface area contributed by atoms with Crippen LogP contribution in [0, 0.1) is 17.7 Å². The normalized spacial score (nSPS) is 20.4. The van der Waals surface area contributed by atoms with Crippen LogP contribution < -0.4 is 10.9 Å². The van der Waals surface area contributed by atoms with Gasteiger partial charge in [-0.15, -0.1) is 0 Å². The summed E-state index contributed by atoms with van der Waals surface area (Å²) < 4.78 is 20.8. The summed E-state index contributed by atoms with van der Waals surface area (Å²) in [6.45, 7) is 13.9. The molecule has 1 aromatic heterocycles. The highest BCUT2D eigenvalue weighted by molar-refractivity contribution is 5.98. The van der Waals surface area contributed by atoms with Gasteiger partial charge in [-0.2, -0.15) is 5.10 Å². The Kier molecular flexibility index (Phi) is 16.8. The van der Waals surface area contributed by atoms with E-state index in [1.807, 2.05) is 62.1 Å². The van der Waals surface area contributed by atoms with Crippen molar-refractivity contribution in [3.63, 3.8) is 0 Å². The minimum atomic E-state index is -0.607. The predicted octanol–water partition coefficient (Wildman–Crippen LogP) is 6.29. The molecule has 0 radical (unpaired) electrons. The number of piperazine rings is 2. The van der Waals surface area contributed by atoms with E-state index in [0.717, 1.165) is 96.1 Å². The van der Waals surface area contributed by atoms with E-state index in [9.17, 15) is 28.8 Å². The smallest absolute Gasteiger partial charge is 0.410 e. The van der Waals surface area contributed by atoms with Crippen LogP contribution in [-0.2, 0) is 20.7 Å². The molecule has 4 aromatic rings. The number of amides is 5. The van der Waals surface area contributed by atoms with Gasteiger partial charge < -0.3 is 29.7 Å². The number of aromatic nitrogens is 2. The number of carbonyl (C=O) groups is 5. The molecule has 0 bridgehead atoms. The number of ether oxygens (including phenoxy) is 1. The molecule has 5 heterocycles. The highest BCUT2D eigenvalue weighted by Gasteiger charge is 2.37. The van der Waals surface area contributed by atoms with E-state index < -0.39 is 23.4 Å². The summed E-state index contributed by atoms with van der Waals surface area (Å²) >= 11 is 0. The lowest BCUT2D eigenvalue weighted by Crippen LogP contribution is -2.57. The number of hydrogen-bond acceptors (Lipinski definition) is 10. The summed E-state index contributed by atoms with van der Waals surface area (Å²) in [5.74, 6) is -0.539. The van der Waals surface area contributed by atoms with Gasteiger partial charge in [-0.1, -0.05) is 55.7 Å². The van der Waals surface area contributed by atoms with Crippen molar-refractivity contribution in [2.24, 2.45) is 11.8 Å². The van der Waals surface area contributed by atoms with E-state index in [4.69, 9.17) is 4.74 Å². The second-order valence-corrected chi connectivity index (χ2v) is 22.3. The van der Waals surface area contributed by atoms with Gasteiger partial charge in [0.25, 0.3) is 17.4 Å². The van der Waals surface area contributed by atoms with Crippen LogP contribution in [0.4, 0.5) is 9.18 Å². The maximum atomic E-state index is 15.1. The predicted molar refractivity (Wildman–Crippen MR) is 280 cm³/mol. The lowest BCUT2D eigenvalue weighted by atomic mass is 9.83. The van der Waals surface area contributed by atoms with Gasteiger partial charge in [0.15, 0.2) is 0 Å². The molecule has 9 rings (SSSR count). The van der Waals surface area contributed by atoms with E-state index in [-0.39, 0.29) is 46.8 Å². The molecule has 4 aliphatic heterocycles. The van der Waals surface area contributed by atoms with Crippen molar-refractivity contribution in [2.75, 3.05) is 91.6 Å². The number of H-pyrrole nitrogens is 1. The number of nitrogens with zero attached hydrogens (tertiary/aromatic N) is 7. The molecule has 74 heavy (non-hydrogen) atoms. The molecule has 396 valence electrons. The van der Waals surface area contributed by atoms with Crippen molar-refractivity contribution in [1.29, 1.82) is 0 Å². The van der Waals surface area contributed by atoms with Gasteiger partial charge in [0, 0.05) is 95.3 Å². The van der Waals surface area contributed by atoms with Crippen LogP contribution in [0.1, 0.15) is 122 Å². The standard InChI is InChI=1S/C57H74FN9O7/c1-57(2,3)74-56(73)67-22-10-15-44(37-67)42-13-9-14-43(35-42)52(69)59-51(41-11-5-4-6-12-41)55(72)66-27-25-63(26-28-66)36-39-20-23-62(24-21-39)38-50(68)64-29-31-65(32-30-64)54(71)47-33-40(18-19-48(47)58)34-49-45-16-7-8-17-46(45)53(70)61-60-49/h7-9,13-14,16-19,33,35,39,41,44,51H,4-6,10-12,15,20-32,34,36-38H2,1-3H3,(H,59,69)(H,61,70). The fourth-order valence-electron chi connectivity index (χ4n) is 11.8. The van der Waals surface area contributed by atoms with Crippen LogP contribution in [0.25, 0.3) is 10.8 Å². The summed E-state index contributed by atoms with van der Waals surface area (Å²) in [5, 5.41) is 11.2. The van der Waals surface area contributed by atoms with Crippen LogP contribution in [-0.4, -0.2) is 173 Å². The lowest BCUT2D eigenvalue weighted by Gasteiger charge is -2.41. The molecule has 5 aliphatic rings.